The van der Waals surface area contributed by atoms with Gasteiger partial charge in [0.2, 0.25) is 0 Å². The molecule has 1 aromatic heterocycles. The van der Waals surface area contributed by atoms with E-state index in [4.69, 9.17) is 4.74 Å². The predicted octanol–water partition coefficient (Wildman–Crippen LogP) is 9.60. The van der Waals surface area contributed by atoms with Crippen LogP contribution in [-0.4, -0.2) is 15.9 Å². The fourth-order valence-corrected chi connectivity index (χ4v) is 5.56. The van der Waals surface area contributed by atoms with Gasteiger partial charge in [0, 0.05) is 16.7 Å². The Morgan fingerprint density at radius 2 is 1.37 bits per heavy atom. The molecule has 5 aromatic rings. The summed E-state index contributed by atoms with van der Waals surface area (Å²) in [5.74, 6) is 1.30. The van der Waals surface area contributed by atoms with Gasteiger partial charge >= 0.3 is 0 Å². The SMILES string of the molecule is CCCCC(C)CCc1ccc(-c2ccc(-c3ccc(-c4ccc(OC)cc4)cc3)c3nsnc23)c(F)c1. The Labute approximate surface area is 228 Å². The number of hydrogen-bond donors (Lipinski definition) is 0. The third kappa shape index (κ3) is 5.63. The Balaban J connectivity index is 1.39. The van der Waals surface area contributed by atoms with E-state index in [1.807, 2.05) is 30.3 Å². The largest absolute Gasteiger partial charge is 0.497 e. The van der Waals surface area contributed by atoms with Crippen molar-refractivity contribution in [2.24, 2.45) is 5.92 Å². The average Bonchev–Trinajstić information content (AvgIpc) is 3.45. The third-order valence-corrected chi connectivity index (χ3v) is 7.86. The predicted molar refractivity (Wildman–Crippen MR) is 157 cm³/mol. The van der Waals surface area contributed by atoms with Crippen molar-refractivity contribution < 1.29 is 9.13 Å². The molecule has 194 valence electrons. The first-order valence-electron chi connectivity index (χ1n) is 13.4. The molecule has 0 bridgehead atoms. The maximum absolute atomic E-state index is 15.3. The minimum absolute atomic E-state index is 0.199. The normalized spacial score (nSPS) is 12.1. The van der Waals surface area contributed by atoms with Gasteiger partial charge in [-0.15, -0.1) is 0 Å². The number of rotatable bonds is 10. The van der Waals surface area contributed by atoms with E-state index in [9.17, 15) is 0 Å². The van der Waals surface area contributed by atoms with Crippen LogP contribution in [0.25, 0.3) is 44.4 Å². The lowest BCUT2D eigenvalue weighted by molar-refractivity contribution is 0.415. The highest BCUT2D eigenvalue weighted by Crippen LogP contribution is 2.36. The molecule has 0 aliphatic rings. The molecule has 1 unspecified atom stereocenters. The van der Waals surface area contributed by atoms with Gasteiger partial charge in [0.15, 0.2) is 0 Å². The zero-order chi connectivity index (χ0) is 26.5. The number of methoxy groups -OCH3 is 1. The lowest BCUT2D eigenvalue weighted by atomic mass is 9.93. The summed E-state index contributed by atoms with van der Waals surface area (Å²) in [4.78, 5) is 0. The van der Waals surface area contributed by atoms with Gasteiger partial charge in [-0.1, -0.05) is 93.8 Å². The van der Waals surface area contributed by atoms with Gasteiger partial charge in [-0.2, -0.15) is 8.75 Å². The van der Waals surface area contributed by atoms with E-state index in [0.29, 0.717) is 11.5 Å². The first kappa shape index (κ1) is 26.1. The smallest absolute Gasteiger partial charge is 0.131 e. The molecular formula is C33H33FN2OS. The van der Waals surface area contributed by atoms with Crippen LogP contribution >= 0.6 is 11.7 Å². The van der Waals surface area contributed by atoms with E-state index in [0.717, 1.165) is 63.0 Å². The van der Waals surface area contributed by atoms with Crippen LogP contribution in [-0.2, 0) is 6.42 Å². The minimum atomic E-state index is -0.199. The molecule has 5 rings (SSSR count). The summed E-state index contributed by atoms with van der Waals surface area (Å²) in [6.07, 6.45) is 5.71. The fourth-order valence-electron chi connectivity index (χ4n) is 4.99. The number of aryl methyl sites for hydroxylation is 1. The van der Waals surface area contributed by atoms with Crippen LogP contribution in [0.1, 0.15) is 45.1 Å². The summed E-state index contributed by atoms with van der Waals surface area (Å²) in [6.45, 7) is 4.52. The van der Waals surface area contributed by atoms with E-state index < -0.39 is 0 Å². The lowest BCUT2D eigenvalue weighted by Gasteiger charge is -2.12. The standard InChI is InChI=1S/C33H33FN2OS/c1-4-5-6-22(2)7-8-23-9-18-29(31(34)21-23)30-20-19-28(32-33(30)36-38-35-32)26-12-10-24(11-13-26)25-14-16-27(37-3)17-15-25/h9-22H,4-8H2,1-3H3. The molecule has 38 heavy (non-hydrogen) atoms. The van der Waals surface area contributed by atoms with E-state index in [1.54, 1.807) is 13.2 Å². The molecule has 0 amide bonds. The second kappa shape index (κ2) is 11.9. The number of fused-ring (bicyclic) bond motifs is 1. The Hall–Kier alpha value is -3.57. The van der Waals surface area contributed by atoms with Crippen molar-refractivity contribution in [2.45, 2.75) is 46.0 Å². The van der Waals surface area contributed by atoms with Gasteiger partial charge in [-0.3, -0.25) is 0 Å². The fraction of sp³-hybridized carbons (Fsp3) is 0.273. The van der Waals surface area contributed by atoms with E-state index in [2.05, 4.69) is 65.1 Å². The van der Waals surface area contributed by atoms with Crippen molar-refractivity contribution in [3.05, 3.63) is 90.2 Å². The molecule has 4 aromatic carbocycles. The molecule has 0 fully saturated rings. The van der Waals surface area contributed by atoms with Crippen LogP contribution in [0.5, 0.6) is 5.75 Å². The highest BCUT2D eigenvalue weighted by atomic mass is 32.1. The van der Waals surface area contributed by atoms with Crippen molar-refractivity contribution in [2.75, 3.05) is 7.11 Å². The molecule has 0 N–H and O–H groups in total. The van der Waals surface area contributed by atoms with Crippen molar-refractivity contribution >= 4 is 22.8 Å². The van der Waals surface area contributed by atoms with Gasteiger partial charge in [0.05, 0.1) is 18.8 Å². The summed E-state index contributed by atoms with van der Waals surface area (Å²) >= 11 is 1.17. The molecule has 0 saturated carbocycles. The number of unbranched alkanes of at least 4 members (excludes halogenated alkanes) is 1. The van der Waals surface area contributed by atoms with Crippen molar-refractivity contribution in [3.8, 4) is 39.1 Å². The van der Waals surface area contributed by atoms with Crippen molar-refractivity contribution in [1.29, 1.82) is 0 Å². The molecule has 0 aliphatic carbocycles. The Kier molecular flexibility index (Phi) is 8.14. The summed E-state index contributed by atoms with van der Waals surface area (Å²) in [5.41, 5.74) is 8.27. The average molecular weight is 525 g/mol. The summed E-state index contributed by atoms with van der Waals surface area (Å²) in [6, 6.07) is 26.1. The minimum Gasteiger partial charge on any atom is -0.497 e. The van der Waals surface area contributed by atoms with Crippen LogP contribution in [0.15, 0.2) is 78.9 Å². The topological polar surface area (TPSA) is 35.0 Å². The molecule has 1 heterocycles. The summed E-state index contributed by atoms with van der Waals surface area (Å²) in [7, 11) is 1.67. The molecular weight excluding hydrogens is 491 g/mol. The Morgan fingerprint density at radius 1 is 0.763 bits per heavy atom. The number of aromatic nitrogens is 2. The van der Waals surface area contributed by atoms with Gasteiger partial charge < -0.3 is 4.74 Å². The van der Waals surface area contributed by atoms with Crippen LogP contribution in [0.2, 0.25) is 0 Å². The van der Waals surface area contributed by atoms with Gasteiger partial charge in [0.25, 0.3) is 0 Å². The number of ether oxygens (including phenoxy) is 1. The van der Waals surface area contributed by atoms with Crippen LogP contribution in [0, 0.1) is 11.7 Å². The molecule has 0 radical (unpaired) electrons. The summed E-state index contributed by atoms with van der Waals surface area (Å²) in [5, 5.41) is 0. The maximum Gasteiger partial charge on any atom is 0.131 e. The number of nitrogens with zero attached hydrogens (tertiary/aromatic N) is 2. The second-order valence-electron chi connectivity index (χ2n) is 10.0. The van der Waals surface area contributed by atoms with E-state index in [-0.39, 0.29) is 5.82 Å². The second-order valence-corrected chi connectivity index (χ2v) is 10.6. The van der Waals surface area contributed by atoms with Crippen LogP contribution < -0.4 is 4.74 Å². The quantitative estimate of drug-likeness (QED) is 0.182. The van der Waals surface area contributed by atoms with Crippen LogP contribution in [0.4, 0.5) is 4.39 Å². The Bertz CT molecular complexity index is 1510. The third-order valence-electron chi connectivity index (χ3n) is 7.33. The van der Waals surface area contributed by atoms with Crippen molar-refractivity contribution in [3.63, 3.8) is 0 Å². The highest BCUT2D eigenvalue weighted by molar-refractivity contribution is 7.00. The Morgan fingerprint density at radius 3 is 2.03 bits per heavy atom. The molecule has 0 saturated heterocycles. The van der Waals surface area contributed by atoms with Gasteiger partial charge in [-0.05, 0) is 59.2 Å². The summed E-state index contributed by atoms with van der Waals surface area (Å²) < 4.78 is 29.7. The number of benzene rings is 4. The van der Waals surface area contributed by atoms with Gasteiger partial charge in [-0.25, -0.2) is 4.39 Å². The monoisotopic (exact) mass is 524 g/mol. The first-order chi connectivity index (χ1) is 18.6. The van der Waals surface area contributed by atoms with Gasteiger partial charge in [0.1, 0.15) is 22.6 Å². The maximum atomic E-state index is 15.3. The van der Waals surface area contributed by atoms with Crippen LogP contribution in [0.3, 0.4) is 0 Å². The molecule has 0 aliphatic heterocycles. The lowest BCUT2D eigenvalue weighted by Crippen LogP contribution is -1.98. The zero-order valence-corrected chi connectivity index (χ0v) is 23.0. The van der Waals surface area contributed by atoms with E-state index in [1.165, 1.54) is 31.0 Å². The molecule has 5 heteroatoms. The molecule has 1 atom stereocenters. The number of hydrogen-bond acceptors (Lipinski definition) is 4. The molecule has 0 spiro atoms. The number of halogens is 1. The highest BCUT2D eigenvalue weighted by Gasteiger charge is 2.16. The molecule has 3 nitrogen and oxygen atoms in total. The zero-order valence-electron chi connectivity index (χ0n) is 22.2. The van der Waals surface area contributed by atoms with Crippen molar-refractivity contribution in [1.82, 2.24) is 8.75 Å². The first-order valence-corrected chi connectivity index (χ1v) is 14.1. The van der Waals surface area contributed by atoms with E-state index >= 15 is 4.39 Å².